The van der Waals surface area contributed by atoms with Crippen LogP contribution in [-0.2, 0) is 4.79 Å². The van der Waals surface area contributed by atoms with Crippen LogP contribution in [0.3, 0.4) is 0 Å². The smallest absolute Gasteiger partial charge is 0.231 e. The molecule has 2 rings (SSSR count). The molecule has 0 aromatic carbocycles. The van der Waals surface area contributed by atoms with Crippen LogP contribution in [0.15, 0.2) is 10.9 Å². The Balaban J connectivity index is 2.08. The highest BCUT2D eigenvalue weighted by atomic mass is 32.1. The molecule has 1 amide bonds. The highest BCUT2D eigenvalue weighted by Gasteiger charge is 2.32. The Labute approximate surface area is 75.0 Å². The molecule has 4 heteroatoms. The highest BCUT2D eigenvalue weighted by molar-refractivity contribution is 7.07. The maximum Gasteiger partial charge on any atom is 0.231 e. The van der Waals surface area contributed by atoms with Crippen molar-refractivity contribution in [3.8, 4) is 0 Å². The monoisotopic (exact) mass is 182 g/mol. The second-order valence-corrected chi connectivity index (χ2v) is 3.74. The first-order valence-electron chi connectivity index (χ1n) is 3.95. The van der Waals surface area contributed by atoms with E-state index in [1.54, 1.807) is 17.5 Å². The van der Waals surface area contributed by atoms with E-state index in [0.717, 1.165) is 18.7 Å². The summed E-state index contributed by atoms with van der Waals surface area (Å²) in [5, 5.41) is 1.89. The summed E-state index contributed by atoms with van der Waals surface area (Å²) >= 11 is 1.51. The number of nitrogens with zero attached hydrogens (tertiary/aromatic N) is 2. The minimum absolute atomic E-state index is 0.209. The lowest BCUT2D eigenvalue weighted by atomic mass is 10.4. The van der Waals surface area contributed by atoms with E-state index >= 15 is 0 Å². The van der Waals surface area contributed by atoms with Crippen LogP contribution in [0.5, 0.6) is 0 Å². The van der Waals surface area contributed by atoms with Gasteiger partial charge in [0.25, 0.3) is 0 Å². The number of hydrogen-bond donors (Lipinski definition) is 0. The van der Waals surface area contributed by atoms with Crippen LogP contribution in [0.4, 0.5) is 5.82 Å². The largest absolute Gasteiger partial charge is 0.299 e. The molecule has 0 atom stereocenters. The van der Waals surface area contributed by atoms with E-state index in [4.69, 9.17) is 0 Å². The summed E-state index contributed by atoms with van der Waals surface area (Å²) in [4.78, 5) is 17.2. The molecule has 1 fully saturated rings. The van der Waals surface area contributed by atoms with Gasteiger partial charge in [-0.25, -0.2) is 4.98 Å². The lowest BCUT2D eigenvalue weighted by Crippen LogP contribution is -2.27. The second-order valence-electron chi connectivity index (χ2n) is 3.02. The first kappa shape index (κ1) is 7.73. The van der Waals surface area contributed by atoms with Crippen molar-refractivity contribution in [2.75, 3.05) is 11.9 Å². The third kappa shape index (κ3) is 1.34. The second kappa shape index (κ2) is 2.86. The normalized spacial score (nSPS) is 16.1. The third-order valence-electron chi connectivity index (χ3n) is 2.02. The maximum atomic E-state index is 11.5. The van der Waals surface area contributed by atoms with Crippen molar-refractivity contribution in [3.63, 3.8) is 0 Å². The van der Waals surface area contributed by atoms with Gasteiger partial charge in [-0.1, -0.05) is 0 Å². The van der Waals surface area contributed by atoms with Gasteiger partial charge >= 0.3 is 0 Å². The third-order valence-corrected chi connectivity index (χ3v) is 2.59. The van der Waals surface area contributed by atoms with Crippen molar-refractivity contribution in [1.29, 1.82) is 0 Å². The lowest BCUT2D eigenvalue weighted by Gasteiger charge is -2.12. The van der Waals surface area contributed by atoms with Gasteiger partial charge in [0.1, 0.15) is 5.82 Å². The van der Waals surface area contributed by atoms with Crippen molar-refractivity contribution in [2.45, 2.75) is 12.8 Å². The Morgan fingerprint density at radius 1 is 1.75 bits per heavy atom. The van der Waals surface area contributed by atoms with Crippen molar-refractivity contribution in [3.05, 3.63) is 10.9 Å². The Bertz CT molecular complexity index is 279. The summed E-state index contributed by atoms with van der Waals surface area (Å²) in [7, 11) is 1.79. The van der Waals surface area contributed by atoms with E-state index in [9.17, 15) is 4.79 Å². The first-order chi connectivity index (χ1) is 5.79. The highest BCUT2D eigenvalue weighted by Crippen LogP contribution is 2.31. The van der Waals surface area contributed by atoms with Crippen LogP contribution >= 0.6 is 11.3 Å². The molecule has 0 saturated heterocycles. The zero-order valence-electron chi connectivity index (χ0n) is 6.86. The molecule has 0 spiro atoms. The van der Waals surface area contributed by atoms with Gasteiger partial charge in [0, 0.05) is 18.3 Å². The molecule has 0 bridgehead atoms. The Morgan fingerprint density at radius 2 is 2.50 bits per heavy atom. The fourth-order valence-electron chi connectivity index (χ4n) is 1.09. The topological polar surface area (TPSA) is 33.2 Å². The lowest BCUT2D eigenvalue weighted by molar-refractivity contribution is -0.119. The summed E-state index contributed by atoms with van der Waals surface area (Å²) in [6, 6.07) is 0. The Kier molecular flexibility index (Phi) is 1.84. The van der Waals surface area contributed by atoms with Crippen LogP contribution in [0, 0.1) is 5.92 Å². The molecule has 1 heterocycles. The Morgan fingerprint density at radius 3 is 3.00 bits per heavy atom. The molecule has 12 heavy (non-hydrogen) atoms. The van der Waals surface area contributed by atoms with Gasteiger partial charge in [-0.15, -0.1) is 11.3 Å². The molecular formula is C8H10N2OS. The fourth-order valence-corrected chi connectivity index (χ4v) is 1.66. The summed E-state index contributed by atoms with van der Waals surface area (Å²) in [6.45, 7) is 0. The van der Waals surface area contributed by atoms with Gasteiger partial charge in [0.05, 0.1) is 5.51 Å². The van der Waals surface area contributed by atoms with Crippen LogP contribution < -0.4 is 4.90 Å². The number of thiazole rings is 1. The molecule has 0 unspecified atom stereocenters. The predicted octanol–water partition coefficient (Wildman–Crippen LogP) is 1.52. The molecule has 1 aliphatic carbocycles. The molecule has 1 aromatic heterocycles. The number of aromatic nitrogens is 1. The molecule has 64 valence electrons. The van der Waals surface area contributed by atoms with Gasteiger partial charge in [-0.3, -0.25) is 9.69 Å². The SMILES string of the molecule is CN(C(=O)C1CC1)c1cscn1. The number of rotatable bonds is 2. The zero-order valence-corrected chi connectivity index (χ0v) is 7.67. The zero-order chi connectivity index (χ0) is 8.55. The van der Waals surface area contributed by atoms with Crippen LogP contribution in [-0.4, -0.2) is 17.9 Å². The van der Waals surface area contributed by atoms with Gasteiger partial charge in [0.2, 0.25) is 5.91 Å². The summed E-state index contributed by atoms with van der Waals surface area (Å²) in [6.07, 6.45) is 2.10. The van der Waals surface area contributed by atoms with Gasteiger partial charge in [-0.05, 0) is 12.8 Å². The van der Waals surface area contributed by atoms with E-state index < -0.39 is 0 Å². The van der Waals surface area contributed by atoms with E-state index in [0.29, 0.717) is 0 Å². The van der Waals surface area contributed by atoms with Gasteiger partial charge in [0.15, 0.2) is 0 Å². The van der Waals surface area contributed by atoms with E-state index in [-0.39, 0.29) is 11.8 Å². The number of carbonyl (C=O) groups is 1. The van der Waals surface area contributed by atoms with Crippen LogP contribution in [0.25, 0.3) is 0 Å². The average Bonchev–Trinajstić information content (AvgIpc) is 2.79. The predicted molar refractivity (Wildman–Crippen MR) is 48.2 cm³/mol. The number of anilines is 1. The minimum atomic E-state index is 0.209. The standard InChI is InChI=1S/C8H10N2OS/c1-10(7-4-12-5-9-7)8(11)6-2-3-6/h4-6H,2-3H2,1H3. The quantitative estimate of drug-likeness (QED) is 0.694. The first-order valence-corrected chi connectivity index (χ1v) is 4.89. The molecule has 0 aliphatic heterocycles. The number of hydrogen-bond acceptors (Lipinski definition) is 3. The van der Waals surface area contributed by atoms with E-state index in [1.807, 2.05) is 5.38 Å². The molecule has 1 aromatic rings. The van der Waals surface area contributed by atoms with Crippen LogP contribution in [0.2, 0.25) is 0 Å². The molecule has 1 saturated carbocycles. The fraction of sp³-hybridized carbons (Fsp3) is 0.500. The number of amides is 1. The van der Waals surface area contributed by atoms with E-state index in [1.165, 1.54) is 11.3 Å². The minimum Gasteiger partial charge on any atom is -0.299 e. The molecule has 1 aliphatic rings. The summed E-state index contributed by atoms with van der Waals surface area (Å²) < 4.78 is 0. The molecule has 0 N–H and O–H groups in total. The van der Waals surface area contributed by atoms with Crippen molar-refractivity contribution < 1.29 is 4.79 Å². The molecular weight excluding hydrogens is 172 g/mol. The molecule has 3 nitrogen and oxygen atoms in total. The van der Waals surface area contributed by atoms with Gasteiger partial charge in [-0.2, -0.15) is 0 Å². The summed E-state index contributed by atoms with van der Waals surface area (Å²) in [5.41, 5.74) is 1.74. The maximum absolute atomic E-state index is 11.5. The average molecular weight is 182 g/mol. The van der Waals surface area contributed by atoms with E-state index in [2.05, 4.69) is 4.98 Å². The summed E-state index contributed by atoms with van der Waals surface area (Å²) in [5.74, 6) is 1.26. The molecule has 0 radical (unpaired) electrons. The van der Waals surface area contributed by atoms with Gasteiger partial charge < -0.3 is 0 Å². The van der Waals surface area contributed by atoms with Crippen molar-refractivity contribution in [2.24, 2.45) is 5.92 Å². The van der Waals surface area contributed by atoms with Crippen LogP contribution in [0.1, 0.15) is 12.8 Å². The number of carbonyl (C=O) groups excluding carboxylic acids is 1. The Hall–Kier alpha value is -0.900. The van der Waals surface area contributed by atoms with Crippen molar-refractivity contribution in [1.82, 2.24) is 4.98 Å². The van der Waals surface area contributed by atoms with Crippen molar-refractivity contribution >= 4 is 23.1 Å².